The molecule has 7 heteroatoms. The molecular formula is C10H15Cl2N3O2. The molecule has 17 heavy (non-hydrogen) atoms. The van der Waals surface area contributed by atoms with Crippen LogP contribution in [0.15, 0.2) is 18.2 Å². The molecule has 0 saturated heterocycles. The molecule has 1 aromatic rings. The van der Waals surface area contributed by atoms with Crippen molar-refractivity contribution in [1.82, 2.24) is 4.90 Å². The first-order valence-corrected chi connectivity index (χ1v) is 5.21. The summed E-state index contributed by atoms with van der Waals surface area (Å²) >= 11 is 5.70. The number of rotatable bonds is 5. The Morgan fingerprint density at radius 3 is 2.65 bits per heavy atom. The van der Waals surface area contributed by atoms with Crippen LogP contribution in [0.25, 0.3) is 0 Å². The number of likely N-dealkylation sites (N-methyl/N-ethyl adjacent to an activating group) is 1. The molecular weight excluding hydrogens is 265 g/mol. The lowest BCUT2D eigenvalue weighted by Crippen LogP contribution is -2.21. The molecule has 0 spiro atoms. The highest BCUT2D eigenvalue weighted by Crippen LogP contribution is 2.27. The summed E-state index contributed by atoms with van der Waals surface area (Å²) in [5, 5.41) is 14.1. The van der Waals surface area contributed by atoms with Gasteiger partial charge in [0.2, 0.25) is 0 Å². The monoisotopic (exact) mass is 279 g/mol. The third-order valence-electron chi connectivity index (χ3n) is 2.03. The number of nitrogens with one attached hydrogen (secondary N) is 1. The number of nitrogens with zero attached hydrogens (tertiary/aromatic N) is 2. The van der Waals surface area contributed by atoms with Gasteiger partial charge < -0.3 is 10.2 Å². The van der Waals surface area contributed by atoms with Crippen LogP contribution in [-0.4, -0.2) is 37.0 Å². The molecule has 0 radical (unpaired) electrons. The van der Waals surface area contributed by atoms with E-state index >= 15 is 0 Å². The van der Waals surface area contributed by atoms with Crippen molar-refractivity contribution in [3.63, 3.8) is 0 Å². The molecule has 1 aromatic carbocycles. The van der Waals surface area contributed by atoms with Crippen molar-refractivity contribution in [1.29, 1.82) is 0 Å². The number of hydrogen-bond donors (Lipinski definition) is 1. The number of hydrogen-bond acceptors (Lipinski definition) is 4. The van der Waals surface area contributed by atoms with Gasteiger partial charge in [0.1, 0.15) is 5.69 Å². The van der Waals surface area contributed by atoms with E-state index in [4.69, 9.17) is 11.6 Å². The van der Waals surface area contributed by atoms with Crippen LogP contribution in [0.5, 0.6) is 0 Å². The summed E-state index contributed by atoms with van der Waals surface area (Å²) in [5.41, 5.74) is 0.502. The maximum absolute atomic E-state index is 10.8. The maximum atomic E-state index is 10.8. The van der Waals surface area contributed by atoms with Gasteiger partial charge in [-0.2, -0.15) is 0 Å². The lowest BCUT2D eigenvalue weighted by atomic mass is 10.2. The molecule has 0 saturated carbocycles. The lowest BCUT2D eigenvalue weighted by Gasteiger charge is -2.11. The Bertz CT molecular complexity index is 386. The van der Waals surface area contributed by atoms with Gasteiger partial charge in [-0.25, -0.2) is 0 Å². The molecule has 0 fully saturated rings. The molecule has 1 rings (SSSR count). The zero-order valence-corrected chi connectivity index (χ0v) is 11.2. The Hall–Kier alpha value is -1.04. The molecule has 0 aliphatic rings. The first-order valence-electron chi connectivity index (χ1n) is 4.83. The van der Waals surface area contributed by atoms with Crippen LogP contribution in [0.2, 0.25) is 5.02 Å². The van der Waals surface area contributed by atoms with Gasteiger partial charge >= 0.3 is 0 Å². The third-order valence-corrected chi connectivity index (χ3v) is 2.27. The number of benzene rings is 1. The minimum Gasteiger partial charge on any atom is -0.378 e. The average molecular weight is 280 g/mol. The highest BCUT2D eigenvalue weighted by atomic mass is 35.5. The van der Waals surface area contributed by atoms with E-state index in [1.54, 1.807) is 12.1 Å². The van der Waals surface area contributed by atoms with Crippen molar-refractivity contribution in [3.05, 3.63) is 33.3 Å². The predicted molar refractivity (Wildman–Crippen MR) is 72.4 cm³/mol. The quantitative estimate of drug-likeness (QED) is 0.665. The molecule has 0 bridgehead atoms. The van der Waals surface area contributed by atoms with Crippen LogP contribution < -0.4 is 5.32 Å². The van der Waals surface area contributed by atoms with Crippen LogP contribution in [0.4, 0.5) is 11.4 Å². The van der Waals surface area contributed by atoms with E-state index in [9.17, 15) is 10.1 Å². The molecule has 0 unspecified atom stereocenters. The third kappa shape index (κ3) is 5.21. The summed E-state index contributed by atoms with van der Waals surface area (Å²) in [6.45, 7) is 1.45. The van der Waals surface area contributed by atoms with E-state index < -0.39 is 4.92 Å². The van der Waals surface area contributed by atoms with Crippen molar-refractivity contribution >= 4 is 35.4 Å². The van der Waals surface area contributed by atoms with E-state index in [1.165, 1.54) is 6.07 Å². The predicted octanol–water partition coefficient (Wildman–Crippen LogP) is 2.64. The van der Waals surface area contributed by atoms with Gasteiger partial charge in [0.25, 0.3) is 5.69 Å². The Kier molecular flexibility index (Phi) is 6.87. The first-order chi connectivity index (χ1) is 7.50. The molecule has 1 N–H and O–H groups in total. The summed E-state index contributed by atoms with van der Waals surface area (Å²) in [6, 6.07) is 4.60. The van der Waals surface area contributed by atoms with E-state index in [1.807, 2.05) is 19.0 Å². The topological polar surface area (TPSA) is 58.4 Å². The fourth-order valence-electron chi connectivity index (χ4n) is 1.22. The number of halogens is 2. The molecule has 96 valence electrons. The normalized spacial score (nSPS) is 9.88. The van der Waals surface area contributed by atoms with Gasteiger partial charge in [0.05, 0.1) is 4.92 Å². The standard InChI is InChI=1S/C10H14ClN3O2.ClH/c1-13(2)6-5-12-9-4-3-8(11)7-10(9)14(15)16;/h3-4,7,12H,5-6H2,1-2H3;1H. The Balaban J connectivity index is 0.00000256. The Morgan fingerprint density at radius 2 is 2.12 bits per heavy atom. The van der Waals surface area contributed by atoms with Crippen LogP contribution in [0.3, 0.4) is 0 Å². The van der Waals surface area contributed by atoms with Crippen molar-refractivity contribution in [2.45, 2.75) is 0 Å². The van der Waals surface area contributed by atoms with Crippen LogP contribution in [0, 0.1) is 10.1 Å². The second-order valence-corrected chi connectivity index (χ2v) is 4.09. The highest BCUT2D eigenvalue weighted by molar-refractivity contribution is 6.30. The summed E-state index contributed by atoms with van der Waals surface area (Å²) < 4.78 is 0. The van der Waals surface area contributed by atoms with Gasteiger partial charge in [0, 0.05) is 24.2 Å². The van der Waals surface area contributed by atoms with Gasteiger partial charge in [-0.15, -0.1) is 12.4 Å². The van der Waals surface area contributed by atoms with Crippen LogP contribution in [-0.2, 0) is 0 Å². The molecule has 0 aromatic heterocycles. The van der Waals surface area contributed by atoms with E-state index in [-0.39, 0.29) is 18.1 Å². The SMILES string of the molecule is CN(C)CCNc1ccc(Cl)cc1[N+](=O)[O-].Cl. The number of nitro groups is 1. The van der Waals surface area contributed by atoms with Gasteiger partial charge in [-0.3, -0.25) is 10.1 Å². The van der Waals surface area contributed by atoms with Crippen LogP contribution in [0.1, 0.15) is 0 Å². The smallest absolute Gasteiger partial charge is 0.293 e. The van der Waals surface area contributed by atoms with Crippen molar-refractivity contribution in [2.24, 2.45) is 0 Å². The minimum absolute atomic E-state index is 0. The summed E-state index contributed by atoms with van der Waals surface area (Å²) in [7, 11) is 3.88. The Labute approximate surface area is 111 Å². The average Bonchev–Trinajstić information content (AvgIpc) is 2.19. The molecule has 5 nitrogen and oxygen atoms in total. The van der Waals surface area contributed by atoms with E-state index in [2.05, 4.69) is 5.32 Å². The zero-order valence-electron chi connectivity index (χ0n) is 9.64. The first kappa shape index (κ1) is 16.0. The van der Waals surface area contributed by atoms with Crippen molar-refractivity contribution in [3.8, 4) is 0 Å². The second kappa shape index (κ2) is 7.32. The molecule has 0 atom stereocenters. The lowest BCUT2D eigenvalue weighted by molar-refractivity contribution is -0.383. The molecule has 0 heterocycles. The molecule has 0 amide bonds. The van der Waals surface area contributed by atoms with Crippen molar-refractivity contribution in [2.75, 3.05) is 32.5 Å². The highest BCUT2D eigenvalue weighted by Gasteiger charge is 2.13. The minimum atomic E-state index is -0.441. The number of anilines is 1. The fourth-order valence-corrected chi connectivity index (χ4v) is 1.39. The van der Waals surface area contributed by atoms with E-state index in [0.29, 0.717) is 17.3 Å². The Morgan fingerprint density at radius 1 is 1.47 bits per heavy atom. The van der Waals surface area contributed by atoms with Crippen molar-refractivity contribution < 1.29 is 4.92 Å². The van der Waals surface area contributed by atoms with Gasteiger partial charge in [-0.1, -0.05) is 11.6 Å². The van der Waals surface area contributed by atoms with Crippen LogP contribution >= 0.6 is 24.0 Å². The van der Waals surface area contributed by atoms with Gasteiger partial charge in [0.15, 0.2) is 0 Å². The number of nitro benzene ring substituents is 1. The maximum Gasteiger partial charge on any atom is 0.293 e. The zero-order chi connectivity index (χ0) is 12.1. The largest absolute Gasteiger partial charge is 0.378 e. The second-order valence-electron chi connectivity index (χ2n) is 3.65. The fraction of sp³-hybridized carbons (Fsp3) is 0.400. The van der Waals surface area contributed by atoms with Gasteiger partial charge in [-0.05, 0) is 26.2 Å². The summed E-state index contributed by atoms with van der Waals surface area (Å²) in [4.78, 5) is 12.3. The summed E-state index contributed by atoms with van der Waals surface area (Å²) in [6.07, 6.45) is 0. The van der Waals surface area contributed by atoms with E-state index in [0.717, 1.165) is 6.54 Å². The molecule has 0 aliphatic heterocycles. The molecule has 0 aliphatic carbocycles. The summed E-state index contributed by atoms with van der Waals surface area (Å²) in [5.74, 6) is 0.